The molecule has 0 atom stereocenters. The summed E-state index contributed by atoms with van der Waals surface area (Å²) in [5.74, 6) is -1.43. The van der Waals surface area contributed by atoms with Crippen LogP contribution in [0.2, 0.25) is 5.02 Å². The Morgan fingerprint density at radius 2 is 1.56 bits per heavy atom. The van der Waals surface area contributed by atoms with Crippen molar-refractivity contribution in [2.45, 2.75) is 16.4 Å². The normalized spacial score (nSPS) is 12.8. The highest BCUT2D eigenvalue weighted by Crippen LogP contribution is 2.46. The molecule has 0 bridgehead atoms. The van der Waals surface area contributed by atoms with Crippen LogP contribution in [0, 0.1) is 0 Å². The lowest BCUT2D eigenvalue weighted by Crippen LogP contribution is -2.40. The first-order chi connectivity index (χ1) is 12.2. The van der Waals surface area contributed by atoms with E-state index in [1.54, 1.807) is 0 Å². The SMILES string of the molecule is FC(F)(F)Oc1cc(Br)cc(-c2c(Cl)cccc2OC(F)(F)C(F)(F)I)c1. The predicted molar refractivity (Wildman–Crippen MR) is 95.8 cm³/mol. The van der Waals surface area contributed by atoms with Crippen molar-refractivity contribution in [3.63, 3.8) is 0 Å². The van der Waals surface area contributed by atoms with E-state index in [-0.39, 0.29) is 43.2 Å². The highest BCUT2D eigenvalue weighted by molar-refractivity contribution is 14.1. The second-order valence-corrected chi connectivity index (χ2v) is 7.63. The fraction of sp³-hybridized carbons (Fsp3) is 0.200. The van der Waals surface area contributed by atoms with Gasteiger partial charge in [0, 0.05) is 32.6 Å². The minimum absolute atomic E-state index is 0.0936. The summed E-state index contributed by atoms with van der Waals surface area (Å²) in [7, 11) is 0. The molecular formula is C15H6BrClF7IO2. The predicted octanol–water partition coefficient (Wildman–Crippen LogP) is 7.67. The molecule has 0 unspecified atom stereocenters. The van der Waals surface area contributed by atoms with Gasteiger partial charge in [-0.05, 0) is 35.9 Å². The van der Waals surface area contributed by atoms with Gasteiger partial charge in [0.05, 0.1) is 5.02 Å². The molecule has 0 fully saturated rings. The monoisotopic (exact) mass is 592 g/mol. The van der Waals surface area contributed by atoms with Crippen molar-refractivity contribution >= 4 is 50.1 Å². The Bertz CT molecular complexity index is 840. The highest BCUT2D eigenvalue weighted by atomic mass is 127. The van der Waals surface area contributed by atoms with Gasteiger partial charge in [0.1, 0.15) is 11.5 Å². The smallest absolute Gasteiger partial charge is 0.427 e. The molecule has 0 N–H and O–H groups in total. The molecule has 27 heavy (non-hydrogen) atoms. The molecule has 2 nitrogen and oxygen atoms in total. The molecule has 0 amide bonds. The lowest BCUT2D eigenvalue weighted by Gasteiger charge is -2.24. The van der Waals surface area contributed by atoms with Crippen molar-refractivity contribution in [2.75, 3.05) is 0 Å². The van der Waals surface area contributed by atoms with Gasteiger partial charge < -0.3 is 9.47 Å². The molecule has 12 heteroatoms. The summed E-state index contributed by atoms with van der Waals surface area (Å²) >= 11 is 9.12. The third kappa shape index (κ3) is 5.76. The summed E-state index contributed by atoms with van der Waals surface area (Å²) in [5.41, 5.74) is -0.440. The number of rotatable bonds is 5. The number of ether oxygens (including phenoxy) is 2. The Balaban J connectivity index is 2.57. The van der Waals surface area contributed by atoms with Gasteiger partial charge in [0.2, 0.25) is 0 Å². The molecule has 2 rings (SSSR count). The van der Waals surface area contributed by atoms with E-state index in [1.165, 1.54) is 12.1 Å². The summed E-state index contributed by atoms with van der Waals surface area (Å²) in [6, 6.07) is 6.39. The number of hydrogen-bond donors (Lipinski definition) is 0. The van der Waals surface area contributed by atoms with E-state index in [2.05, 4.69) is 25.4 Å². The van der Waals surface area contributed by atoms with E-state index >= 15 is 0 Å². The van der Waals surface area contributed by atoms with Crippen molar-refractivity contribution in [3.05, 3.63) is 45.9 Å². The molecule has 0 radical (unpaired) electrons. The van der Waals surface area contributed by atoms with Gasteiger partial charge in [-0.1, -0.05) is 33.6 Å². The standard InChI is InChI=1S/C15H6BrClF7IO2/c16-8-4-7(5-9(6-8)26-15(22,23)24)12-10(17)2-1-3-11(12)27-14(20,21)13(18,19)25/h1-6H. The van der Waals surface area contributed by atoms with Gasteiger partial charge in [-0.25, -0.2) is 0 Å². The Kier molecular flexibility index (Phi) is 6.47. The third-order valence-electron chi connectivity index (χ3n) is 2.94. The average Bonchev–Trinajstić information content (AvgIpc) is 2.42. The zero-order valence-corrected chi connectivity index (χ0v) is 17.1. The topological polar surface area (TPSA) is 18.5 Å². The zero-order valence-electron chi connectivity index (χ0n) is 12.6. The molecule has 0 aromatic heterocycles. The molecular weight excluding hydrogens is 587 g/mol. The Labute approximate surface area is 174 Å². The molecule has 0 aliphatic heterocycles. The lowest BCUT2D eigenvalue weighted by molar-refractivity contribution is -0.274. The summed E-state index contributed by atoms with van der Waals surface area (Å²) < 4.78 is 94.2. The van der Waals surface area contributed by atoms with E-state index in [0.29, 0.717) is 0 Å². The third-order valence-corrected chi connectivity index (χ3v) is 4.34. The van der Waals surface area contributed by atoms with Gasteiger partial charge in [-0.15, -0.1) is 13.2 Å². The van der Waals surface area contributed by atoms with Gasteiger partial charge in [-0.3, -0.25) is 0 Å². The van der Waals surface area contributed by atoms with Crippen molar-refractivity contribution in [1.29, 1.82) is 0 Å². The molecule has 0 aliphatic rings. The molecule has 0 spiro atoms. The van der Waals surface area contributed by atoms with Crippen molar-refractivity contribution < 1.29 is 40.2 Å². The molecule has 0 saturated heterocycles. The Hall–Kier alpha value is -0.950. The van der Waals surface area contributed by atoms with Gasteiger partial charge in [-0.2, -0.15) is 17.6 Å². The van der Waals surface area contributed by atoms with Crippen molar-refractivity contribution in [1.82, 2.24) is 0 Å². The molecule has 148 valence electrons. The average molecular weight is 593 g/mol. The van der Waals surface area contributed by atoms with Crippen LogP contribution in [0.5, 0.6) is 11.5 Å². The van der Waals surface area contributed by atoms with Crippen LogP contribution in [0.15, 0.2) is 40.9 Å². The van der Waals surface area contributed by atoms with Crippen LogP contribution in [0.4, 0.5) is 30.7 Å². The maximum Gasteiger partial charge on any atom is 0.573 e. The quantitative estimate of drug-likeness (QED) is 0.201. The molecule has 2 aromatic rings. The van der Waals surface area contributed by atoms with Crippen LogP contribution in [0.1, 0.15) is 0 Å². The van der Waals surface area contributed by atoms with Crippen LogP contribution in [-0.4, -0.2) is 16.4 Å². The maximum absolute atomic E-state index is 13.6. The summed E-state index contributed by atoms with van der Waals surface area (Å²) in [5, 5.41) is -0.212. The minimum atomic E-state index is -5.01. The van der Waals surface area contributed by atoms with Crippen molar-refractivity contribution in [2.24, 2.45) is 0 Å². The van der Waals surface area contributed by atoms with Crippen molar-refractivity contribution in [3.8, 4) is 22.6 Å². The Morgan fingerprint density at radius 3 is 2.11 bits per heavy atom. The lowest BCUT2D eigenvalue weighted by atomic mass is 10.0. The number of alkyl halides is 8. The van der Waals surface area contributed by atoms with E-state index in [0.717, 1.165) is 24.3 Å². The first-order valence-electron chi connectivity index (χ1n) is 6.68. The van der Waals surface area contributed by atoms with Crippen LogP contribution < -0.4 is 9.47 Å². The highest BCUT2D eigenvalue weighted by Gasteiger charge is 2.57. The van der Waals surface area contributed by atoms with Gasteiger partial charge in [0.25, 0.3) is 0 Å². The van der Waals surface area contributed by atoms with Crippen LogP contribution in [0.25, 0.3) is 11.1 Å². The first kappa shape index (κ1) is 22.3. The second kappa shape index (κ2) is 7.82. The molecule has 2 aromatic carbocycles. The van der Waals surface area contributed by atoms with Crippen LogP contribution >= 0.6 is 50.1 Å². The summed E-state index contributed by atoms with van der Waals surface area (Å²) in [6.45, 7) is 0. The van der Waals surface area contributed by atoms with Gasteiger partial charge in [0.15, 0.2) is 0 Å². The van der Waals surface area contributed by atoms with Gasteiger partial charge >= 0.3 is 16.4 Å². The minimum Gasteiger partial charge on any atom is -0.427 e. The second-order valence-electron chi connectivity index (χ2n) is 4.95. The molecule has 0 aliphatic carbocycles. The largest absolute Gasteiger partial charge is 0.573 e. The molecule has 0 heterocycles. The number of benzene rings is 2. The fourth-order valence-corrected chi connectivity index (χ4v) is 2.82. The maximum atomic E-state index is 13.6. The van der Waals surface area contributed by atoms with Crippen LogP contribution in [-0.2, 0) is 0 Å². The number of hydrogen-bond acceptors (Lipinski definition) is 2. The summed E-state index contributed by atoms with van der Waals surface area (Å²) in [6.07, 6.45) is -9.90. The zero-order chi connectivity index (χ0) is 20.6. The Morgan fingerprint density at radius 1 is 0.926 bits per heavy atom. The van der Waals surface area contributed by atoms with Crippen LogP contribution in [0.3, 0.4) is 0 Å². The van der Waals surface area contributed by atoms with E-state index in [9.17, 15) is 30.7 Å². The van der Waals surface area contributed by atoms with E-state index in [1.807, 2.05) is 0 Å². The van der Waals surface area contributed by atoms with E-state index in [4.69, 9.17) is 11.6 Å². The number of halogens is 10. The summed E-state index contributed by atoms with van der Waals surface area (Å²) in [4.78, 5) is 0. The van der Waals surface area contributed by atoms with E-state index < -0.39 is 27.9 Å². The fourth-order valence-electron chi connectivity index (χ4n) is 1.97. The molecule has 0 saturated carbocycles. The first-order valence-corrected chi connectivity index (χ1v) is 8.93.